The van der Waals surface area contributed by atoms with Crippen LogP contribution in [0, 0.1) is 5.92 Å². The normalized spacial score (nSPS) is 13.0. The van der Waals surface area contributed by atoms with Crippen molar-refractivity contribution in [3.63, 3.8) is 0 Å². The van der Waals surface area contributed by atoms with Crippen LogP contribution in [0.3, 0.4) is 0 Å². The Morgan fingerprint density at radius 3 is 2.23 bits per heavy atom. The molecule has 6 nitrogen and oxygen atoms in total. The molecule has 7 heteroatoms. The Labute approximate surface area is 132 Å². The highest BCUT2D eigenvalue weighted by Gasteiger charge is 2.16. The molecule has 0 spiro atoms. The average Bonchev–Trinajstić information content (AvgIpc) is 2.45. The number of rotatable bonds is 7. The monoisotopic (exact) mass is 327 g/mol. The molecule has 1 aromatic carbocycles. The van der Waals surface area contributed by atoms with Gasteiger partial charge in [-0.25, -0.2) is 17.9 Å². The summed E-state index contributed by atoms with van der Waals surface area (Å²) in [7, 11) is -3.52. The lowest BCUT2D eigenvalue weighted by atomic mass is 10.2. The number of nitrogens with one attached hydrogen (secondary N) is 3. The van der Waals surface area contributed by atoms with Crippen molar-refractivity contribution in [2.24, 2.45) is 5.92 Å². The Morgan fingerprint density at radius 1 is 1.14 bits per heavy atom. The Kier molecular flexibility index (Phi) is 6.83. The molecule has 3 N–H and O–H groups in total. The molecule has 0 saturated heterocycles. The molecule has 0 radical (unpaired) electrons. The maximum atomic E-state index is 12.1. The van der Waals surface area contributed by atoms with E-state index in [1.807, 2.05) is 27.7 Å². The molecule has 0 unspecified atom stereocenters. The Balaban J connectivity index is 2.68. The van der Waals surface area contributed by atoms with E-state index in [1.165, 1.54) is 12.1 Å². The topological polar surface area (TPSA) is 87.3 Å². The van der Waals surface area contributed by atoms with Gasteiger partial charge in [0.05, 0.1) is 4.90 Å². The number of hydrogen-bond donors (Lipinski definition) is 3. The van der Waals surface area contributed by atoms with Gasteiger partial charge >= 0.3 is 6.03 Å². The molecule has 1 aromatic rings. The molecule has 0 fully saturated rings. The maximum absolute atomic E-state index is 12.1. The van der Waals surface area contributed by atoms with Gasteiger partial charge in [-0.15, -0.1) is 0 Å². The molecule has 1 atom stereocenters. The molecule has 0 aliphatic carbocycles. The van der Waals surface area contributed by atoms with E-state index < -0.39 is 10.0 Å². The summed E-state index contributed by atoms with van der Waals surface area (Å²) in [4.78, 5) is 11.8. The molecule has 1 rings (SSSR count). The van der Waals surface area contributed by atoms with Gasteiger partial charge < -0.3 is 10.6 Å². The number of urea groups is 1. The molecule has 124 valence electrons. The number of anilines is 1. The lowest BCUT2D eigenvalue weighted by Crippen LogP contribution is -2.32. The van der Waals surface area contributed by atoms with E-state index in [4.69, 9.17) is 0 Å². The van der Waals surface area contributed by atoms with Crippen LogP contribution in [0.5, 0.6) is 0 Å². The summed E-state index contributed by atoms with van der Waals surface area (Å²) in [6, 6.07) is 5.66. The minimum absolute atomic E-state index is 0.121. The van der Waals surface area contributed by atoms with Gasteiger partial charge in [-0.05, 0) is 43.5 Å². The minimum atomic E-state index is -3.52. The van der Waals surface area contributed by atoms with Crippen LogP contribution in [-0.2, 0) is 10.0 Å². The summed E-state index contributed by atoms with van der Waals surface area (Å²) >= 11 is 0. The van der Waals surface area contributed by atoms with E-state index >= 15 is 0 Å². The van der Waals surface area contributed by atoms with Crippen LogP contribution in [0.4, 0.5) is 10.5 Å². The van der Waals surface area contributed by atoms with Gasteiger partial charge in [0.2, 0.25) is 10.0 Å². The second-order valence-corrected chi connectivity index (χ2v) is 7.40. The predicted molar refractivity (Wildman–Crippen MR) is 88.4 cm³/mol. The van der Waals surface area contributed by atoms with Crippen LogP contribution >= 0.6 is 0 Å². The van der Waals surface area contributed by atoms with Gasteiger partial charge in [0.15, 0.2) is 0 Å². The van der Waals surface area contributed by atoms with E-state index in [2.05, 4.69) is 15.4 Å². The SMILES string of the molecule is CC[C@H](C)NS(=O)(=O)c1ccc(NC(=O)NCC(C)C)cc1. The molecular weight excluding hydrogens is 302 g/mol. The maximum Gasteiger partial charge on any atom is 0.319 e. The van der Waals surface area contributed by atoms with Crippen LogP contribution in [0.1, 0.15) is 34.1 Å². The summed E-state index contributed by atoms with van der Waals surface area (Å²) in [5.74, 6) is 0.366. The zero-order chi connectivity index (χ0) is 16.8. The highest BCUT2D eigenvalue weighted by atomic mass is 32.2. The van der Waals surface area contributed by atoms with Gasteiger partial charge in [-0.3, -0.25) is 0 Å². The van der Waals surface area contributed by atoms with Crippen molar-refractivity contribution in [3.05, 3.63) is 24.3 Å². The quantitative estimate of drug-likeness (QED) is 0.719. The summed E-state index contributed by atoms with van der Waals surface area (Å²) in [5, 5.41) is 5.39. The fourth-order valence-corrected chi connectivity index (χ4v) is 2.93. The summed E-state index contributed by atoms with van der Waals surface area (Å²) < 4.78 is 26.8. The molecule has 0 bridgehead atoms. The smallest absolute Gasteiger partial charge is 0.319 e. The summed E-state index contributed by atoms with van der Waals surface area (Å²) in [6.45, 7) is 8.31. The first-order valence-corrected chi connectivity index (χ1v) is 8.90. The standard InChI is InChI=1S/C15H25N3O3S/c1-5-12(4)18-22(20,21)14-8-6-13(7-9-14)17-15(19)16-10-11(2)3/h6-9,11-12,18H,5,10H2,1-4H3,(H2,16,17,19)/t12-/m0/s1. The van der Waals surface area contributed by atoms with Crippen LogP contribution < -0.4 is 15.4 Å². The van der Waals surface area contributed by atoms with Gasteiger partial charge in [-0.1, -0.05) is 20.8 Å². The van der Waals surface area contributed by atoms with E-state index in [0.29, 0.717) is 18.2 Å². The van der Waals surface area contributed by atoms with Crippen molar-refractivity contribution in [1.29, 1.82) is 0 Å². The molecule has 0 aliphatic heterocycles. The molecule has 0 aliphatic rings. The number of sulfonamides is 1. The minimum Gasteiger partial charge on any atom is -0.338 e. The Hall–Kier alpha value is -1.60. The number of amides is 2. The van der Waals surface area contributed by atoms with Crippen molar-refractivity contribution in [2.75, 3.05) is 11.9 Å². The van der Waals surface area contributed by atoms with Crippen molar-refractivity contribution in [1.82, 2.24) is 10.0 Å². The van der Waals surface area contributed by atoms with Crippen LogP contribution in [0.15, 0.2) is 29.2 Å². The van der Waals surface area contributed by atoms with Crippen molar-refractivity contribution >= 4 is 21.7 Å². The summed E-state index contributed by atoms with van der Waals surface area (Å²) in [5.41, 5.74) is 0.545. The summed E-state index contributed by atoms with van der Waals surface area (Å²) in [6.07, 6.45) is 0.717. The van der Waals surface area contributed by atoms with Gasteiger partial charge in [0.25, 0.3) is 0 Å². The number of hydrogen-bond acceptors (Lipinski definition) is 3. The molecule has 0 heterocycles. The third-order valence-corrected chi connectivity index (χ3v) is 4.67. The lowest BCUT2D eigenvalue weighted by Gasteiger charge is -2.13. The van der Waals surface area contributed by atoms with Crippen molar-refractivity contribution in [2.45, 2.75) is 45.1 Å². The van der Waals surface area contributed by atoms with E-state index in [1.54, 1.807) is 12.1 Å². The predicted octanol–water partition coefficient (Wildman–Crippen LogP) is 2.54. The molecule has 22 heavy (non-hydrogen) atoms. The molecule has 0 aromatic heterocycles. The van der Waals surface area contributed by atoms with Crippen molar-refractivity contribution in [3.8, 4) is 0 Å². The van der Waals surface area contributed by atoms with Gasteiger partial charge in [0, 0.05) is 18.3 Å². The highest BCUT2D eigenvalue weighted by molar-refractivity contribution is 7.89. The Morgan fingerprint density at radius 2 is 1.73 bits per heavy atom. The zero-order valence-electron chi connectivity index (χ0n) is 13.5. The van der Waals surface area contributed by atoms with Crippen LogP contribution in [0.25, 0.3) is 0 Å². The number of carbonyl (C=O) groups is 1. The average molecular weight is 327 g/mol. The van der Waals surface area contributed by atoms with Gasteiger partial charge in [0.1, 0.15) is 0 Å². The second kappa shape index (κ2) is 8.14. The highest BCUT2D eigenvalue weighted by Crippen LogP contribution is 2.14. The van der Waals surface area contributed by atoms with Crippen LogP contribution in [-0.4, -0.2) is 27.0 Å². The fraction of sp³-hybridized carbons (Fsp3) is 0.533. The van der Waals surface area contributed by atoms with Gasteiger partial charge in [-0.2, -0.15) is 0 Å². The fourth-order valence-electron chi connectivity index (χ4n) is 1.61. The molecule has 2 amide bonds. The Bertz CT molecular complexity index is 583. The van der Waals surface area contributed by atoms with E-state index in [-0.39, 0.29) is 17.0 Å². The van der Waals surface area contributed by atoms with E-state index in [9.17, 15) is 13.2 Å². The van der Waals surface area contributed by atoms with Crippen LogP contribution in [0.2, 0.25) is 0 Å². The third-order valence-electron chi connectivity index (χ3n) is 3.06. The van der Waals surface area contributed by atoms with Crippen molar-refractivity contribution < 1.29 is 13.2 Å². The first-order valence-electron chi connectivity index (χ1n) is 7.41. The zero-order valence-corrected chi connectivity index (χ0v) is 14.3. The second-order valence-electron chi connectivity index (χ2n) is 5.68. The first kappa shape index (κ1) is 18.4. The number of carbonyl (C=O) groups excluding carboxylic acids is 1. The third kappa shape index (κ3) is 6.03. The largest absolute Gasteiger partial charge is 0.338 e. The lowest BCUT2D eigenvalue weighted by molar-refractivity contribution is 0.251. The number of benzene rings is 1. The first-order chi connectivity index (χ1) is 10.2. The van der Waals surface area contributed by atoms with E-state index in [0.717, 1.165) is 6.42 Å². The molecular formula is C15H25N3O3S. The molecule has 0 saturated carbocycles.